The molecule has 2 aromatic carbocycles. The minimum atomic E-state index is -0.667. The van der Waals surface area contributed by atoms with Crippen molar-refractivity contribution in [2.75, 3.05) is 37.0 Å². The Bertz CT molecular complexity index is 1170. The Labute approximate surface area is 183 Å². The van der Waals surface area contributed by atoms with Gasteiger partial charge in [-0.25, -0.2) is 9.69 Å². The van der Waals surface area contributed by atoms with E-state index in [4.69, 9.17) is 4.74 Å². The van der Waals surface area contributed by atoms with E-state index in [1.54, 1.807) is 18.2 Å². The Balaban J connectivity index is 1.65. The summed E-state index contributed by atoms with van der Waals surface area (Å²) in [6, 6.07) is 11.6. The fourth-order valence-corrected chi connectivity index (χ4v) is 3.74. The SMILES string of the molecule is COC(=O)C1=C(Nc2ccc3c(c2)C(=O)N(c2ccc(C)cc2)C3=O)C(=O)N(CCO)C1. The number of carbonyl (C=O) groups excluding carboxylic acids is 4. The van der Waals surface area contributed by atoms with Gasteiger partial charge in [-0.15, -0.1) is 0 Å². The summed E-state index contributed by atoms with van der Waals surface area (Å²) in [5.74, 6) is -2.04. The number of esters is 1. The number of ether oxygens (including phenoxy) is 1. The maximum atomic E-state index is 13.0. The molecule has 2 N–H and O–H groups in total. The summed E-state index contributed by atoms with van der Waals surface area (Å²) < 4.78 is 4.77. The van der Waals surface area contributed by atoms with Crippen LogP contribution in [-0.2, 0) is 14.3 Å². The second kappa shape index (κ2) is 8.27. The summed E-state index contributed by atoms with van der Waals surface area (Å²) >= 11 is 0. The first-order valence-electron chi connectivity index (χ1n) is 9.93. The van der Waals surface area contributed by atoms with Crippen LogP contribution in [0.15, 0.2) is 53.7 Å². The molecule has 0 aliphatic carbocycles. The van der Waals surface area contributed by atoms with Crippen LogP contribution >= 0.6 is 0 Å². The molecule has 0 radical (unpaired) electrons. The molecular formula is C23H21N3O6. The number of carbonyl (C=O) groups is 4. The average Bonchev–Trinajstić information content (AvgIpc) is 3.22. The fraction of sp³-hybridized carbons (Fsp3) is 0.217. The number of aliphatic hydroxyl groups excluding tert-OH is 1. The average molecular weight is 435 g/mol. The van der Waals surface area contributed by atoms with Gasteiger partial charge >= 0.3 is 5.97 Å². The highest BCUT2D eigenvalue weighted by Gasteiger charge is 2.38. The molecule has 32 heavy (non-hydrogen) atoms. The third-order valence-corrected chi connectivity index (χ3v) is 5.40. The number of nitrogens with zero attached hydrogens (tertiary/aromatic N) is 2. The van der Waals surface area contributed by atoms with Gasteiger partial charge in [0.15, 0.2) is 0 Å². The topological polar surface area (TPSA) is 116 Å². The molecule has 0 saturated carbocycles. The second-order valence-corrected chi connectivity index (χ2v) is 7.46. The number of nitrogens with one attached hydrogen (secondary N) is 1. The highest BCUT2D eigenvalue weighted by molar-refractivity contribution is 6.34. The Kier molecular flexibility index (Phi) is 5.50. The second-order valence-electron chi connectivity index (χ2n) is 7.46. The van der Waals surface area contributed by atoms with Crippen molar-refractivity contribution >= 4 is 35.1 Å². The first kappa shape index (κ1) is 21.3. The molecule has 0 aromatic heterocycles. The van der Waals surface area contributed by atoms with Gasteiger partial charge in [0.1, 0.15) is 5.70 Å². The lowest BCUT2D eigenvalue weighted by atomic mass is 10.1. The first-order chi connectivity index (χ1) is 15.3. The molecule has 9 nitrogen and oxygen atoms in total. The van der Waals surface area contributed by atoms with Gasteiger partial charge < -0.3 is 20.1 Å². The number of methoxy groups -OCH3 is 1. The van der Waals surface area contributed by atoms with Gasteiger partial charge in [-0.1, -0.05) is 17.7 Å². The van der Waals surface area contributed by atoms with E-state index in [9.17, 15) is 24.3 Å². The Morgan fingerprint density at radius 3 is 2.38 bits per heavy atom. The summed E-state index contributed by atoms with van der Waals surface area (Å²) in [5.41, 5.74) is 2.42. The molecule has 0 unspecified atom stereocenters. The largest absolute Gasteiger partial charge is 0.466 e. The van der Waals surface area contributed by atoms with E-state index in [1.165, 1.54) is 24.1 Å². The number of aliphatic hydroxyl groups is 1. The minimum absolute atomic E-state index is 0.00202. The predicted octanol–water partition coefficient (Wildman–Crippen LogP) is 1.47. The smallest absolute Gasteiger partial charge is 0.337 e. The van der Waals surface area contributed by atoms with Crippen molar-refractivity contribution in [2.45, 2.75) is 6.92 Å². The summed E-state index contributed by atoms with van der Waals surface area (Å²) in [7, 11) is 1.21. The van der Waals surface area contributed by atoms with Crippen LogP contribution in [0.2, 0.25) is 0 Å². The van der Waals surface area contributed by atoms with E-state index in [-0.39, 0.29) is 42.1 Å². The zero-order chi connectivity index (χ0) is 23.0. The monoisotopic (exact) mass is 435 g/mol. The van der Waals surface area contributed by atoms with E-state index < -0.39 is 23.7 Å². The predicted molar refractivity (Wildman–Crippen MR) is 115 cm³/mol. The molecule has 2 aromatic rings. The van der Waals surface area contributed by atoms with E-state index in [0.717, 1.165) is 10.5 Å². The van der Waals surface area contributed by atoms with Crippen LogP contribution in [0, 0.1) is 6.92 Å². The minimum Gasteiger partial charge on any atom is -0.466 e. The lowest BCUT2D eigenvalue weighted by molar-refractivity contribution is -0.136. The van der Waals surface area contributed by atoms with E-state index in [0.29, 0.717) is 11.4 Å². The highest BCUT2D eigenvalue weighted by Crippen LogP contribution is 2.31. The molecular weight excluding hydrogens is 414 g/mol. The maximum Gasteiger partial charge on any atom is 0.337 e. The molecule has 0 atom stereocenters. The quantitative estimate of drug-likeness (QED) is 0.521. The molecule has 9 heteroatoms. The van der Waals surface area contributed by atoms with Gasteiger partial charge in [0.2, 0.25) is 0 Å². The molecule has 0 bridgehead atoms. The number of benzene rings is 2. The van der Waals surface area contributed by atoms with Crippen LogP contribution in [0.1, 0.15) is 26.3 Å². The number of fused-ring (bicyclic) bond motifs is 1. The van der Waals surface area contributed by atoms with E-state index >= 15 is 0 Å². The van der Waals surface area contributed by atoms with Crippen LogP contribution in [0.3, 0.4) is 0 Å². The van der Waals surface area contributed by atoms with Gasteiger partial charge in [0.05, 0.1) is 42.6 Å². The molecule has 4 rings (SSSR count). The maximum absolute atomic E-state index is 13.0. The summed E-state index contributed by atoms with van der Waals surface area (Å²) in [6.45, 7) is 1.72. The van der Waals surface area contributed by atoms with Gasteiger partial charge in [0.25, 0.3) is 17.7 Å². The van der Waals surface area contributed by atoms with Crippen molar-refractivity contribution in [1.29, 1.82) is 0 Å². The molecule has 2 aliphatic rings. The molecule has 3 amide bonds. The van der Waals surface area contributed by atoms with Gasteiger partial charge in [-0.3, -0.25) is 14.4 Å². The molecule has 2 aliphatic heterocycles. The molecule has 0 spiro atoms. The summed E-state index contributed by atoms with van der Waals surface area (Å²) in [4.78, 5) is 53.1. The normalized spacial score (nSPS) is 15.5. The fourth-order valence-electron chi connectivity index (χ4n) is 3.74. The number of anilines is 2. The van der Waals surface area contributed by atoms with Crippen molar-refractivity contribution in [2.24, 2.45) is 0 Å². The Morgan fingerprint density at radius 1 is 1.03 bits per heavy atom. The highest BCUT2D eigenvalue weighted by atomic mass is 16.5. The molecule has 0 fully saturated rings. The lowest BCUT2D eigenvalue weighted by Crippen LogP contribution is -2.31. The third kappa shape index (κ3) is 3.52. The summed E-state index contributed by atoms with van der Waals surface area (Å²) in [6.07, 6.45) is 0. The van der Waals surface area contributed by atoms with Gasteiger partial charge in [-0.05, 0) is 37.3 Å². The number of rotatable bonds is 6. The molecule has 164 valence electrons. The number of imide groups is 1. The van der Waals surface area contributed by atoms with Crippen LogP contribution in [0.4, 0.5) is 11.4 Å². The van der Waals surface area contributed by atoms with Gasteiger partial charge in [0, 0.05) is 12.2 Å². The lowest BCUT2D eigenvalue weighted by Gasteiger charge is -2.15. The summed E-state index contributed by atoms with van der Waals surface area (Å²) in [5, 5.41) is 12.1. The molecule has 0 saturated heterocycles. The zero-order valence-corrected chi connectivity index (χ0v) is 17.5. The van der Waals surface area contributed by atoms with Crippen LogP contribution in [-0.4, -0.2) is 60.5 Å². The van der Waals surface area contributed by atoms with Crippen molar-refractivity contribution in [3.05, 3.63) is 70.4 Å². The number of hydrogen-bond acceptors (Lipinski definition) is 7. The van der Waals surface area contributed by atoms with Crippen molar-refractivity contribution < 1.29 is 29.0 Å². The standard InChI is InChI=1S/C23H21N3O6/c1-13-3-6-15(7-4-13)26-20(28)16-8-5-14(11-17(16)21(26)29)24-19-18(23(31)32-2)12-25(9-10-27)22(19)30/h3-8,11,24,27H,9-10,12H2,1-2H3. The first-order valence-corrected chi connectivity index (χ1v) is 9.93. The zero-order valence-electron chi connectivity index (χ0n) is 17.5. The van der Waals surface area contributed by atoms with Gasteiger partial charge in [-0.2, -0.15) is 0 Å². The number of amides is 3. The van der Waals surface area contributed by atoms with Crippen LogP contribution < -0.4 is 10.2 Å². The Hall–Kier alpha value is -3.98. The Morgan fingerprint density at radius 2 is 1.72 bits per heavy atom. The molecule has 2 heterocycles. The van der Waals surface area contributed by atoms with Crippen molar-refractivity contribution in [3.8, 4) is 0 Å². The van der Waals surface area contributed by atoms with Crippen LogP contribution in [0.5, 0.6) is 0 Å². The van der Waals surface area contributed by atoms with Crippen molar-refractivity contribution in [1.82, 2.24) is 4.90 Å². The van der Waals surface area contributed by atoms with E-state index in [1.807, 2.05) is 19.1 Å². The number of aryl methyl sites for hydroxylation is 1. The van der Waals surface area contributed by atoms with Crippen molar-refractivity contribution in [3.63, 3.8) is 0 Å². The van der Waals surface area contributed by atoms with E-state index in [2.05, 4.69) is 5.32 Å². The number of hydrogen-bond donors (Lipinski definition) is 2. The number of β-amino-alcohol motifs (C(OH)–C–C–N with tert-alkyl or cyclic N) is 1. The van der Waals surface area contributed by atoms with Crippen LogP contribution in [0.25, 0.3) is 0 Å². The third-order valence-electron chi connectivity index (χ3n) is 5.40.